The third-order valence-electron chi connectivity index (χ3n) is 3.48. The maximum atomic E-state index is 11.8. The first-order valence-electron chi connectivity index (χ1n) is 7.88. The number of nitrogens with one attached hydrogen (secondary N) is 1. The molecule has 0 aliphatic carbocycles. The Hall–Kier alpha value is -3.22. The number of hydrogen-bond donors (Lipinski definition) is 1. The molecule has 0 atom stereocenters. The monoisotopic (exact) mass is 358 g/mol. The summed E-state index contributed by atoms with van der Waals surface area (Å²) in [5.41, 5.74) is 4.21. The van der Waals surface area contributed by atoms with Crippen molar-refractivity contribution in [3.63, 3.8) is 0 Å². The standard InChI is InChI=1S/C19H22N2O5/c1-13-5-7-15(8-6-13)26-12-18(22)21-20-11-14-9-16(23-2)19(25-4)17(10-14)24-3/h5-11H,12H2,1-4H3,(H,21,22)/b20-11-. The van der Waals surface area contributed by atoms with Gasteiger partial charge in [0, 0.05) is 5.56 Å². The van der Waals surface area contributed by atoms with Gasteiger partial charge in [0.15, 0.2) is 18.1 Å². The number of ether oxygens (including phenoxy) is 4. The molecular formula is C19H22N2O5. The van der Waals surface area contributed by atoms with Crippen LogP contribution in [0.3, 0.4) is 0 Å². The largest absolute Gasteiger partial charge is 0.493 e. The highest BCUT2D eigenvalue weighted by Gasteiger charge is 2.12. The van der Waals surface area contributed by atoms with Crippen LogP contribution in [-0.2, 0) is 4.79 Å². The Morgan fingerprint density at radius 2 is 1.65 bits per heavy atom. The minimum absolute atomic E-state index is 0.129. The van der Waals surface area contributed by atoms with Crippen LogP contribution in [0.5, 0.6) is 23.0 Å². The molecule has 7 nitrogen and oxygen atoms in total. The van der Waals surface area contributed by atoms with Gasteiger partial charge in [-0.3, -0.25) is 4.79 Å². The molecule has 0 fully saturated rings. The van der Waals surface area contributed by atoms with Crippen LogP contribution in [0, 0.1) is 6.92 Å². The smallest absolute Gasteiger partial charge is 0.277 e. The molecule has 0 saturated carbocycles. The number of aryl methyl sites for hydroxylation is 1. The van der Waals surface area contributed by atoms with Gasteiger partial charge in [-0.2, -0.15) is 5.10 Å². The summed E-state index contributed by atoms with van der Waals surface area (Å²) in [6, 6.07) is 10.9. The Balaban J connectivity index is 1.94. The fourth-order valence-corrected chi connectivity index (χ4v) is 2.17. The third-order valence-corrected chi connectivity index (χ3v) is 3.48. The minimum atomic E-state index is -0.366. The number of hydrogen-bond acceptors (Lipinski definition) is 6. The lowest BCUT2D eigenvalue weighted by molar-refractivity contribution is -0.123. The molecule has 0 heterocycles. The molecule has 0 aliphatic rings. The molecule has 1 amide bonds. The van der Waals surface area contributed by atoms with E-state index in [-0.39, 0.29) is 12.5 Å². The molecule has 0 aliphatic heterocycles. The SMILES string of the molecule is COc1cc(/C=N\NC(=O)COc2ccc(C)cc2)cc(OC)c1OC. The van der Waals surface area contributed by atoms with E-state index in [1.807, 2.05) is 31.2 Å². The molecule has 2 aromatic carbocycles. The van der Waals surface area contributed by atoms with Gasteiger partial charge < -0.3 is 18.9 Å². The van der Waals surface area contributed by atoms with Crippen LogP contribution < -0.4 is 24.4 Å². The van der Waals surface area contributed by atoms with Crippen molar-refractivity contribution < 1.29 is 23.7 Å². The second kappa shape index (κ2) is 9.31. The van der Waals surface area contributed by atoms with Crippen molar-refractivity contribution in [2.24, 2.45) is 5.10 Å². The van der Waals surface area contributed by atoms with Crippen LogP contribution in [0.2, 0.25) is 0 Å². The highest BCUT2D eigenvalue weighted by molar-refractivity contribution is 5.84. The maximum Gasteiger partial charge on any atom is 0.277 e. The van der Waals surface area contributed by atoms with Crippen molar-refractivity contribution in [1.29, 1.82) is 0 Å². The molecular weight excluding hydrogens is 336 g/mol. The molecule has 0 unspecified atom stereocenters. The Kier molecular flexibility index (Phi) is 6.84. The zero-order valence-corrected chi connectivity index (χ0v) is 15.2. The van der Waals surface area contributed by atoms with Crippen LogP contribution in [-0.4, -0.2) is 40.1 Å². The van der Waals surface area contributed by atoms with Gasteiger partial charge in [0.05, 0.1) is 27.5 Å². The first kappa shape index (κ1) is 19.1. The number of carbonyl (C=O) groups is 1. The highest BCUT2D eigenvalue weighted by atomic mass is 16.5. The van der Waals surface area contributed by atoms with Gasteiger partial charge in [0.1, 0.15) is 5.75 Å². The summed E-state index contributed by atoms with van der Waals surface area (Å²) >= 11 is 0. The lowest BCUT2D eigenvalue weighted by Gasteiger charge is -2.12. The Morgan fingerprint density at radius 1 is 1.04 bits per heavy atom. The highest BCUT2D eigenvalue weighted by Crippen LogP contribution is 2.37. The summed E-state index contributed by atoms with van der Waals surface area (Å²) in [5, 5.41) is 3.92. The number of methoxy groups -OCH3 is 3. The molecule has 2 rings (SSSR count). The van der Waals surface area contributed by atoms with Crippen molar-refractivity contribution in [2.45, 2.75) is 6.92 Å². The molecule has 0 bridgehead atoms. The lowest BCUT2D eigenvalue weighted by atomic mass is 10.2. The summed E-state index contributed by atoms with van der Waals surface area (Å²) in [7, 11) is 4.59. The predicted molar refractivity (Wildman–Crippen MR) is 98.5 cm³/mol. The molecule has 0 aromatic heterocycles. The van der Waals surface area contributed by atoms with E-state index in [1.54, 1.807) is 12.1 Å². The maximum absolute atomic E-state index is 11.8. The fourth-order valence-electron chi connectivity index (χ4n) is 2.17. The summed E-state index contributed by atoms with van der Waals surface area (Å²) in [5.74, 6) is 1.75. The summed E-state index contributed by atoms with van der Waals surface area (Å²) in [6.07, 6.45) is 1.48. The van der Waals surface area contributed by atoms with Crippen LogP contribution in [0.15, 0.2) is 41.5 Å². The van der Waals surface area contributed by atoms with Gasteiger partial charge in [-0.05, 0) is 31.2 Å². The van der Waals surface area contributed by atoms with E-state index in [0.29, 0.717) is 28.6 Å². The van der Waals surface area contributed by atoms with E-state index in [9.17, 15) is 4.79 Å². The predicted octanol–water partition coefficient (Wildman–Crippen LogP) is 2.55. The fraction of sp³-hybridized carbons (Fsp3) is 0.263. The number of rotatable bonds is 8. The zero-order valence-electron chi connectivity index (χ0n) is 15.2. The first-order valence-corrected chi connectivity index (χ1v) is 7.88. The molecule has 0 spiro atoms. The summed E-state index contributed by atoms with van der Waals surface area (Å²) in [4.78, 5) is 11.8. The quantitative estimate of drug-likeness (QED) is 0.580. The van der Waals surface area contributed by atoms with Gasteiger partial charge in [-0.1, -0.05) is 17.7 Å². The van der Waals surface area contributed by atoms with E-state index in [2.05, 4.69) is 10.5 Å². The van der Waals surface area contributed by atoms with Crippen molar-refractivity contribution in [3.8, 4) is 23.0 Å². The van der Waals surface area contributed by atoms with E-state index in [4.69, 9.17) is 18.9 Å². The number of hydrazone groups is 1. The summed E-state index contributed by atoms with van der Waals surface area (Å²) in [6.45, 7) is 1.85. The first-order chi connectivity index (χ1) is 12.6. The van der Waals surface area contributed by atoms with Crippen molar-refractivity contribution >= 4 is 12.1 Å². The van der Waals surface area contributed by atoms with Gasteiger partial charge in [-0.25, -0.2) is 5.43 Å². The van der Waals surface area contributed by atoms with E-state index in [1.165, 1.54) is 27.5 Å². The number of nitrogens with zero attached hydrogens (tertiary/aromatic N) is 1. The number of carbonyl (C=O) groups excluding carboxylic acids is 1. The molecule has 2 aromatic rings. The number of amides is 1. The topological polar surface area (TPSA) is 78.4 Å². The van der Waals surface area contributed by atoms with Crippen LogP contribution in [0.4, 0.5) is 0 Å². The average molecular weight is 358 g/mol. The molecule has 7 heteroatoms. The van der Waals surface area contributed by atoms with Gasteiger partial charge in [0.2, 0.25) is 5.75 Å². The average Bonchev–Trinajstić information content (AvgIpc) is 2.66. The van der Waals surface area contributed by atoms with Gasteiger partial charge in [-0.15, -0.1) is 0 Å². The molecule has 26 heavy (non-hydrogen) atoms. The van der Waals surface area contributed by atoms with E-state index < -0.39 is 0 Å². The van der Waals surface area contributed by atoms with E-state index in [0.717, 1.165) is 5.56 Å². The molecule has 0 saturated heterocycles. The zero-order chi connectivity index (χ0) is 18.9. The normalized spacial score (nSPS) is 10.5. The van der Waals surface area contributed by atoms with E-state index >= 15 is 0 Å². The molecule has 0 radical (unpaired) electrons. The van der Waals surface area contributed by atoms with Crippen LogP contribution in [0.1, 0.15) is 11.1 Å². The summed E-state index contributed by atoms with van der Waals surface area (Å²) < 4.78 is 21.2. The Morgan fingerprint density at radius 3 is 2.19 bits per heavy atom. The lowest BCUT2D eigenvalue weighted by Crippen LogP contribution is -2.24. The van der Waals surface area contributed by atoms with Crippen molar-refractivity contribution in [1.82, 2.24) is 5.43 Å². The van der Waals surface area contributed by atoms with Crippen molar-refractivity contribution in [3.05, 3.63) is 47.5 Å². The molecule has 138 valence electrons. The van der Waals surface area contributed by atoms with Crippen LogP contribution >= 0.6 is 0 Å². The number of benzene rings is 2. The van der Waals surface area contributed by atoms with Crippen LogP contribution in [0.25, 0.3) is 0 Å². The second-order valence-electron chi connectivity index (χ2n) is 5.35. The van der Waals surface area contributed by atoms with Gasteiger partial charge >= 0.3 is 0 Å². The van der Waals surface area contributed by atoms with Crippen molar-refractivity contribution in [2.75, 3.05) is 27.9 Å². The Bertz CT molecular complexity index is 747. The second-order valence-corrected chi connectivity index (χ2v) is 5.35. The molecule has 1 N–H and O–H groups in total. The minimum Gasteiger partial charge on any atom is -0.493 e. The third kappa shape index (κ3) is 5.14. The Labute approximate surface area is 152 Å². The van der Waals surface area contributed by atoms with Gasteiger partial charge in [0.25, 0.3) is 5.91 Å².